The molecule has 4 rings (SSSR count). The summed E-state index contributed by atoms with van der Waals surface area (Å²) in [7, 11) is 0. The molecule has 0 aromatic heterocycles. The lowest BCUT2D eigenvalue weighted by atomic mass is 9.82. The highest BCUT2D eigenvalue weighted by molar-refractivity contribution is 9.10. The van der Waals surface area contributed by atoms with Crippen molar-refractivity contribution in [3.05, 3.63) is 75.3 Å². The number of benzene rings is 3. The van der Waals surface area contributed by atoms with Crippen LogP contribution in [0, 0.1) is 0 Å². The molecular formula is C18H9BrO3. The summed E-state index contributed by atoms with van der Waals surface area (Å²) >= 11 is 3.44. The molecule has 3 aromatic carbocycles. The average molecular weight is 353 g/mol. The van der Waals surface area contributed by atoms with Crippen LogP contribution in [0.15, 0.2) is 53.0 Å². The highest BCUT2D eigenvalue weighted by atomic mass is 79.9. The zero-order valence-corrected chi connectivity index (χ0v) is 12.8. The first-order valence-corrected chi connectivity index (χ1v) is 7.52. The van der Waals surface area contributed by atoms with Gasteiger partial charge in [-0.3, -0.25) is 9.59 Å². The Balaban J connectivity index is 2.19. The highest BCUT2D eigenvalue weighted by Crippen LogP contribution is 2.43. The molecule has 1 aliphatic carbocycles. The SMILES string of the molecule is O=C1c2ccccc2C(=O)c2c1c(O)c1ccccc1c2Br. The van der Waals surface area contributed by atoms with Gasteiger partial charge in [0.1, 0.15) is 5.75 Å². The van der Waals surface area contributed by atoms with Crippen LogP contribution in [0.4, 0.5) is 0 Å². The topological polar surface area (TPSA) is 54.4 Å². The number of fused-ring (bicyclic) bond motifs is 3. The van der Waals surface area contributed by atoms with Gasteiger partial charge < -0.3 is 5.11 Å². The van der Waals surface area contributed by atoms with Crippen LogP contribution in [0.25, 0.3) is 10.8 Å². The molecule has 1 aliphatic rings. The summed E-state index contributed by atoms with van der Waals surface area (Å²) in [6.07, 6.45) is 0. The summed E-state index contributed by atoms with van der Waals surface area (Å²) < 4.78 is 0.545. The average Bonchev–Trinajstić information content (AvgIpc) is 2.56. The summed E-state index contributed by atoms with van der Waals surface area (Å²) in [5.74, 6) is -0.714. The zero-order chi connectivity index (χ0) is 15.4. The minimum Gasteiger partial charge on any atom is -0.507 e. The Bertz CT molecular complexity index is 910. The first kappa shape index (κ1) is 13.2. The van der Waals surface area contributed by atoms with E-state index in [4.69, 9.17) is 0 Å². The molecule has 0 amide bonds. The fraction of sp³-hybridized carbons (Fsp3) is 0. The molecule has 0 saturated heterocycles. The molecule has 0 heterocycles. The van der Waals surface area contributed by atoms with E-state index in [0.29, 0.717) is 26.4 Å². The molecule has 22 heavy (non-hydrogen) atoms. The van der Waals surface area contributed by atoms with E-state index in [9.17, 15) is 14.7 Å². The maximum absolute atomic E-state index is 12.8. The van der Waals surface area contributed by atoms with Gasteiger partial charge in [0.2, 0.25) is 0 Å². The van der Waals surface area contributed by atoms with Crippen molar-refractivity contribution in [2.24, 2.45) is 0 Å². The minimum absolute atomic E-state index is 0.0780. The molecular weight excluding hydrogens is 344 g/mol. The smallest absolute Gasteiger partial charge is 0.198 e. The van der Waals surface area contributed by atoms with Gasteiger partial charge in [0.05, 0.1) is 11.1 Å². The number of ketones is 2. The van der Waals surface area contributed by atoms with Crippen LogP contribution in [0.2, 0.25) is 0 Å². The van der Waals surface area contributed by atoms with E-state index in [0.717, 1.165) is 0 Å². The lowest BCUT2D eigenvalue weighted by Gasteiger charge is -2.21. The summed E-state index contributed by atoms with van der Waals surface area (Å²) in [5.41, 5.74) is 1.02. The van der Waals surface area contributed by atoms with Crippen molar-refractivity contribution < 1.29 is 14.7 Å². The van der Waals surface area contributed by atoms with E-state index in [-0.39, 0.29) is 28.4 Å². The molecule has 106 valence electrons. The Morgan fingerprint density at radius 1 is 0.727 bits per heavy atom. The lowest BCUT2D eigenvalue weighted by molar-refractivity contribution is 0.0976. The van der Waals surface area contributed by atoms with Crippen molar-refractivity contribution in [3.8, 4) is 5.75 Å². The Hall–Kier alpha value is -2.46. The van der Waals surface area contributed by atoms with Gasteiger partial charge >= 0.3 is 0 Å². The van der Waals surface area contributed by atoms with Gasteiger partial charge in [0.15, 0.2) is 11.6 Å². The Kier molecular flexibility index (Phi) is 2.71. The van der Waals surface area contributed by atoms with Gasteiger partial charge in [-0.15, -0.1) is 0 Å². The van der Waals surface area contributed by atoms with Crippen LogP contribution >= 0.6 is 15.9 Å². The summed E-state index contributed by atoms with van der Waals surface area (Å²) in [5, 5.41) is 11.8. The fourth-order valence-corrected chi connectivity index (χ4v) is 3.69. The van der Waals surface area contributed by atoms with E-state index in [1.165, 1.54) is 0 Å². The predicted molar refractivity (Wildman–Crippen MR) is 86.6 cm³/mol. The van der Waals surface area contributed by atoms with Crippen molar-refractivity contribution in [3.63, 3.8) is 0 Å². The molecule has 0 atom stereocenters. The van der Waals surface area contributed by atoms with Gasteiger partial charge in [-0.25, -0.2) is 0 Å². The van der Waals surface area contributed by atoms with Crippen molar-refractivity contribution >= 4 is 38.3 Å². The molecule has 3 aromatic rings. The quantitative estimate of drug-likeness (QED) is 0.518. The highest BCUT2D eigenvalue weighted by Gasteiger charge is 2.34. The third-order valence-electron chi connectivity index (χ3n) is 4.00. The number of rotatable bonds is 0. The van der Waals surface area contributed by atoms with Crippen LogP contribution in [-0.4, -0.2) is 16.7 Å². The third kappa shape index (κ3) is 1.56. The number of hydrogen-bond donors (Lipinski definition) is 1. The molecule has 0 saturated carbocycles. The molecule has 0 spiro atoms. The predicted octanol–water partition coefficient (Wildman–Crippen LogP) is 4.08. The zero-order valence-electron chi connectivity index (χ0n) is 11.3. The van der Waals surface area contributed by atoms with Gasteiger partial charge in [-0.2, -0.15) is 0 Å². The van der Waals surface area contributed by atoms with E-state index >= 15 is 0 Å². The van der Waals surface area contributed by atoms with Crippen LogP contribution in [0.1, 0.15) is 31.8 Å². The first-order valence-electron chi connectivity index (χ1n) is 6.73. The van der Waals surface area contributed by atoms with Crippen molar-refractivity contribution in [1.82, 2.24) is 0 Å². The second kappa shape index (κ2) is 4.52. The number of aromatic hydroxyl groups is 1. The summed E-state index contributed by atoms with van der Waals surface area (Å²) in [6.45, 7) is 0. The number of hydrogen-bond acceptors (Lipinski definition) is 3. The van der Waals surface area contributed by atoms with E-state index in [1.54, 1.807) is 42.5 Å². The number of phenols is 1. The largest absolute Gasteiger partial charge is 0.507 e. The molecule has 0 aliphatic heterocycles. The number of carbonyl (C=O) groups is 2. The molecule has 3 nitrogen and oxygen atoms in total. The monoisotopic (exact) mass is 352 g/mol. The van der Waals surface area contributed by atoms with E-state index in [1.807, 2.05) is 6.07 Å². The maximum atomic E-state index is 12.8. The number of carbonyl (C=O) groups excluding carboxylic acids is 2. The van der Waals surface area contributed by atoms with Crippen molar-refractivity contribution in [2.45, 2.75) is 0 Å². The molecule has 1 N–H and O–H groups in total. The maximum Gasteiger partial charge on any atom is 0.198 e. The second-order valence-corrected chi connectivity index (χ2v) is 5.96. The molecule has 0 fully saturated rings. The third-order valence-corrected chi connectivity index (χ3v) is 4.82. The van der Waals surface area contributed by atoms with Crippen molar-refractivity contribution in [2.75, 3.05) is 0 Å². The van der Waals surface area contributed by atoms with Gasteiger partial charge in [0.25, 0.3) is 0 Å². The first-order chi connectivity index (χ1) is 10.6. The number of halogens is 1. The minimum atomic E-state index is -0.325. The van der Waals surface area contributed by atoms with Gasteiger partial charge in [0, 0.05) is 26.4 Å². The molecule has 4 heteroatoms. The van der Waals surface area contributed by atoms with Crippen LogP contribution in [0.5, 0.6) is 5.75 Å². The fourth-order valence-electron chi connectivity index (χ4n) is 2.96. The van der Waals surface area contributed by atoms with Crippen LogP contribution in [0.3, 0.4) is 0 Å². The molecule has 0 radical (unpaired) electrons. The lowest BCUT2D eigenvalue weighted by Crippen LogP contribution is -2.21. The molecule has 0 bridgehead atoms. The van der Waals surface area contributed by atoms with Gasteiger partial charge in [-0.05, 0) is 15.9 Å². The Labute approximate surface area is 134 Å². The Morgan fingerprint density at radius 2 is 1.23 bits per heavy atom. The standard InChI is InChI=1S/C18H9BrO3/c19-15-9-5-1-2-6-10(9)17(21)14-13(15)16(20)11-7-3-4-8-12(11)18(14)22/h1-8,21H. The van der Waals surface area contributed by atoms with E-state index < -0.39 is 0 Å². The summed E-state index contributed by atoms with van der Waals surface area (Å²) in [4.78, 5) is 25.5. The second-order valence-electron chi connectivity index (χ2n) is 5.16. The normalized spacial score (nSPS) is 13.1. The summed E-state index contributed by atoms with van der Waals surface area (Å²) in [6, 6.07) is 13.8. The van der Waals surface area contributed by atoms with E-state index in [2.05, 4.69) is 15.9 Å². The van der Waals surface area contributed by atoms with Crippen LogP contribution in [-0.2, 0) is 0 Å². The van der Waals surface area contributed by atoms with Crippen molar-refractivity contribution in [1.29, 1.82) is 0 Å². The van der Waals surface area contributed by atoms with Crippen LogP contribution < -0.4 is 0 Å². The number of phenolic OH excluding ortho intramolecular Hbond substituents is 1. The Morgan fingerprint density at radius 3 is 1.86 bits per heavy atom. The molecule has 0 unspecified atom stereocenters. The van der Waals surface area contributed by atoms with Gasteiger partial charge in [-0.1, -0.05) is 48.5 Å².